The molecule has 11 heteroatoms. The molecule has 38 heavy (non-hydrogen) atoms. The van der Waals surface area contributed by atoms with E-state index < -0.39 is 26.3 Å². The zero-order valence-electron chi connectivity index (χ0n) is 22.4. The number of carbonyl (C=O) groups excluding carboxylic acids is 1. The second kappa shape index (κ2) is 9.97. The number of aromatic nitrogens is 2. The van der Waals surface area contributed by atoms with E-state index in [1.54, 1.807) is 0 Å². The van der Waals surface area contributed by atoms with Gasteiger partial charge in [-0.05, 0) is 69.7 Å². The van der Waals surface area contributed by atoms with Crippen molar-refractivity contribution in [2.24, 2.45) is 5.92 Å². The quantitative estimate of drug-likeness (QED) is 0.522. The van der Waals surface area contributed by atoms with Crippen LogP contribution in [0, 0.1) is 5.92 Å². The van der Waals surface area contributed by atoms with Crippen LogP contribution in [-0.2, 0) is 26.2 Å². The molecule has 1 aliphatic carbocycles. The lowest BCUT2D eigenvalue weighted by molar-refractivity contribution is -0.137. The van der Waals surface area contributed by atoms with Gasteiger partial charge in [0, 0.05) is 30.4 Å². The lowest BCUT2D eigenvalue weighted by atomic mass is 9.73. The number of nitrogens with one attached hydrogen (secondary N) is 1. The molecule has 2 aliphatic rings. The van der Waals surface area contributed by atoms with Crippen molar-refractivity contribution in [1.82, 2.24) is 15.1 Å². The molecule has 2 aromatic rings. The minimum Gasteiger partial charge on any atom is -0.381 e. The van der Waals surface area contributed by atoms with Crippen molar-refractivity contribution in [3.63, 3.8) is 0 Å². The number of benzene rings is 1. The van der Waals surface area contributed by atoms with E-state index in [2.05, 4.69) is 31.2 Å². The number of rotatable bonds is 6. The van der Waals surface area contributed by atoms with Gasteiger partial charge in [0.05, 0.1) is 21.2 Å². The van der Waals surface area contributed by atoms with Crippen LogP contribution in [-0.4, -0.2) is 48.1 Å². The number of carbonyl (C=O) groups is 1. The number of hydrogen-bond acceptors (Lipinski definition) is 5. The number of ether oxygens (including phenoxy) is 1. The molecule has 0 atom stereocenters. The summed E-state index contributed by atoms with van der Waals surface area (Å²) < 4.78 is 72.2. The van der Waals surface area contributed by atoms with Crippen molar-refractivity contribution < 1.29 is 31.1 Å². The van der Waals surface area contributed by atoms with E-state index in [-0.39, 0.29) is 34.2 Å². The minimum atomic E-state index is -4.63. The van der Waals surface area contributed by atoms with E-state index in [0.717, 1.165) is 30.7 Å². The Labute approximate surface area is 222 Å². The van der Waals surface area contributed by atoms with Gasteiger partial charge in [0.25, 0.3) is 5.91 Å². The summed E-state index contributed by atoms with van der Waals surface area (Å²) in [7, 11) is -4.06. The van der Waals surface area contributed by atoms with E-state index in [4.69, 9.17) is 4.74 Å². The number of hydrogen-bond donors (Lipinski definition) is 1. The maximum atomic E-state index is 13.3. The summed E-state index contributed by atoms with van der Waals surface area (Å²) in [5, 5.41) is 7.61. The normalized spacial score (nSPS) is 21.7. The highest BCUT2D eigenvalue weighted by atomic mass is 32.2. The minimum absolute atomic E-state index is 0.162. The van der Waals surface area contributed by atoms with E-state index in [1.807, 2.05) is 10.7 Å². The standard InChI is InChI=1S/C27H36F3N3O4S/c1-25(2,3)23-16-22(32-33(23)20-9-11-37-12-10-20)24(34)31-19-13-18(14-19)26(4,5)38(35,36)21-8-6-7-17(15-21)27(28,29)30/h6-8,15-16,18-20H,9-14H2,1-5H3,(H,31,34)/t18-,19+. The van der Waals surface area contributed by atoms with Crippen LogP contribution < -0.4 is 5.32 Å². The van der Waals surface area contributed by atoms with Crippen LogP contribution in [0.3, 0.4) is 0 Å². The fourth-order valence-corrected chi connectivity index (χ4v) is 6.98. The molecule has 1 aromatic heterocycles. The van der Waals surface area contributed by atoms with Gasteiger partial charge in [-0.3, -0.25) is 9.48 Å². The van der Waals surface area contributed by atoms with Crippen LogP contribution in [0.5, 0.6) is 0 Å². The number of alkyl halides is 3. The van der Waals surface area contributed by atoms with E-state index in [0.29, 0.717) is 37.8 Å². The number of nitrogens with zero attached hydrogens (tertiary/aromatic N) is 2. The molecule has 1 saturated carbocycles. The SMILES string of the molecule is CC(C)(C)c1cc(C(=O)N[C@H]2C[C@@H](C(C)(C)S(=O)(=O)c3cccc(C(F)(F)F)c3)C2)nn1C1CCOCC1. The molecule has 1 saturated heterocycles. The van der Waals surface area contributed by atoms with Crippen molar-refractivity contribution in [2.75, 3.05) is 13.2 Å². The molecule has 0 spiro atoms. The van der Waals surface area contributed by atoms with Crippen LogP contribution in [0.4, 0.5) is 13.2 Å². The Bertz CT molecular complexity index is 1280. The maximum absolute atomic E-state index is 13.3. The van der Waals surface area contributed by atoms with E-state index >= 15 is 0 Å². The highest BCUT2D eigenvalue weighted by Crippen LogP contribution is 2.44. The molecule has 2 heterocycles. The molecule has 0 bridgehead atoms. The van der Waals surface area contributed by atoms with Crippen molar-refractivity contribution in [3.05, 3.63) is 47.3 Å². The topological polar surface area (TPSA) is 90.3 Å². The lowest BCUT2D eigenvalue weighted by Crippen LogP contribution is -2.53. The summed E-state index contributed by atoms with van der Waals surface area (Å²) in [6, 6.07) is 5.60. The molecule has 2 fully saturated rings. The van der Waals surface area contributed by atoms with Crippen LogP contribution in [0.2, 0.25) is 0 Å². The van der Waals surface area contributed by atoms with Gasteiger partial charge in [-0.1, -0.05) is 26.8 Å². The number of sulfone groups is 1. The van der Waals surface area contributed by atoms with E-state index in [9.17, 15) is 26.4 Å². The molecule has 1 aliphatic heterocycles. The second-order valence-corrected chi connectivity index (χ2v) is 14.5. The van der Waals surface area contributed by atoms with Gasteiger partial charge in [-0.2, -0.15) is 18.3 Å². The summed E-state index contributed by atoms with van der Waals surface area (Å²) in [6.07, 6.45) is -2.17. The molecule has 4 rings (SSSR count). The molecule has 0 radical (unpaired) electrons. The fraction of sp³-hybridized carbons (Fsp3) is 0.630. The fourth-order valence-electron chi connectivity index (χ4n) is 5.20. The first-order chi connectivity index (χ1) is 17.5. The summed E-state index contributed by atoms with van der Waals surface area (Å²) in [4.78, 5) is 12.7. The van der Waals surface area contributed by atoms with Gasteiger partial charge in [-0.15, -0.1) is 0 Å². The van der Waals surface area contributed by atoms with Crippen molar-refractivity contribution in [3.8, 4) is 0 Å². The molecule has 210 valence electrons. The van der Waals surface area contributed by atoms with Crippen LogP contribution >= 0.6 is 0 Å². The van der Waals surface area contributed by atoms with Crippen molar-refractivity contribution in [1.29, 1.82) is 0 Å². The third-order valence-corrected chi connectivity index (χ3v) is 10.5. The van der Waals surface area contributed by atoms with Crippen molar-refractivity contribution in [2.45, 2.75) is 93.6 Å². The molecule has 1 N–H and O–H groups in total. The van der Waals surface area contributed by atoms with Gasteiger partial charge in [0.15, 0.2) is 9.84 Å². The Morgan fingerprint density at radius 2 is 1.68 bits per heavy atom. The van der Waals surface area contributed by atoms with Gasteiger partial charge in [0.1, 0.15) is 5.69 Å². The zero-order chi connectivity index (χ0) is 28.1. The summed E-state index contributed by atoms with van der Waals surface area (Å²) >= 11 is 0. The van der Waals surface area contributed by atoms with Crippen LogP contribution in [0.1, 0.15) is 88.1 Å². The van der Waals surface area contributed by atoms with Crippen LogP contribution in [0.25, 0.3) is 0 Å². The average molecular weight is 556 g/mol. The molecule has 1 aromatic carbocycles. The maximum Gasteiger partial charge on any atom is 0.416 e. The predicted octanol–water partition coefficient (Wildman–Crippen LogP) is 5.31. The number of amides is 1. The molecule has 1 amide bonds. The van der Waals surface area contributed by atoms with Crippen molar-refractivity contribution >= 4 is 15.7 Å². The Morgan fingerprint density at radius 1 is 1.05 bits per heavy atom. The summed E-state index contributed by atoms with van der Waals surface area (Å²) in [6.45, 7) is 10.6. The highest BCUT2D eigenvalue weighted by molar-refractivity contribution is 7.92. The van der Waals surface area contributed by atoms with Gasteiger partial charge < -0.3 is 10.1 Å². The van der Waals surface area contributed by atoms with Gasteiger partial charge >= 0.3 is 6.18 Å². The lowest BCUT2D eigenvalue weighted by Gasteiger charge is -2.44. The summed E-state index contributed by atoms with van der Waals surface area (Å²) in [5.41, 5.74) is 0.0747. The molecular weight excluding hydrogens is 519 g/mol. The Kier molecular flexibility index (Phi) is 7.50. The zero-order valence-corrected chi connectivity index (χ0v) is 23.2. The smallest absolute Gasteiger partial charge is 0.381 e. The number of halogens is 3. The average Bonchev–Trinajstić information content (AvgIpc) is 3.27. The molecule has 0 unspecified atom stereocenters. The van der Waals surface area contributed by atoms with Gasteiger partial charge in [0.2, 0.25) is 0 Å². The first-order valence-electron chi connectivity index (χ1n) is 12.9. The van der Waals surface area contributed by atoms with Crippen LogP contribution in [0.15, 0.2) is 35.2 Å². The second-order valence-electron chi connectivity index (χ2n) is 11.9. The largest absolute Gasteiger partial charge is 0.416 e. The monoisotopic (exact) mass is 555 g/mol. The Morgan fingerprint density at radius 3 is 2.26 bits per heavy atom. The summed E-state index contributed by atoms with van der Waals surface area (Å²) in [5.74, 6) is -0.638. The van der Waals surface area contributed by atoms with E-state index in [1.165, 1.54) is 19.9 Å². The highest BCUT2D eigenvalue weighted by Gasteiger charge is 2.49. The van der Waals surface area contributed by atoms with Gasteiger partial charge in [-0.25, -0.2) is 8.42 Å². The molecular formula is C27H36F3N3O4S. The predicted molar refractivity (Wildman–Crippen MR) is 137 cm³/mol. The third-order valence-electron chi connectivity index (χ3n) is 7.89. The Balaban J connectivity index is 1.45. The molecule has 7 nitrogen and oxygen atoms in total. The third kappa shape index (κ3) is 5.50. The first kappa shape index (κ1) is 28.6. The first-order valence-corrected chi connectivity index (χ1v) is 14.4. The Hall–Kier alpha value is -2.40.